The number of benzene rings is 1. The van der Waals surface area contributed by atoms with Gasteiger partial charge in [0.1, 0.15) is 5.75 Å². The zero-order valence-corrected chi connectivity index (χ0v) is 16.3. The molecule has 0 spiro atoms. The number of aliphatic hydroxyl groups is 1. The lowest BCUT2D eigenvalue weighted by molar-refractivity contribution is -0.129. The number of furan rings is 1. The van der Waals surface area contributed by atoms with Gasteiger partial charge in [-0.2, -0.15) is 0 Å². The maximum Gasteiger partial charge on any atom is 0.290 e. The van der Waals surface area contributed by atoms with E-state index < -0.39 is 23.5 Å². The summed E-state index contributed by atoms with van der Waals surface area (Å²) in [6, 6.07) is 9.74. The first-order valence-electron chi connectivity index (χ1n) is 9.49. The second-order valence-corrected chi connectivity index (χ2v) is 7.24. The van der Waals surface area contributed by atoms with Gasteiger partial charge in [-0.05, 0) is 42.2 Å². The van der Waals surface area contributed by atoms with E-state index in [9.17, 15) is 14.7 Å². The van der Waals surface area contributed by atoms with Gasteiger partial charge in [0, 0.05) is 6.54 Å². The SMILES string of the molecule is CCCN1C(=O)C(O)=C(C(=O)c2ccco2)C1c1ccc(OCC(C)C)cc1. The van der Waals surface area contributed by atoms with E-state index in [1.807, 2.05) is 31.2 Å². The van der Waals surface area contributed by atoms with E-state index in [1.165, 1.54) is 17.2 Å². The minimum absolute atomic E-state index is 0.0456. The lowest BCUT2D eigenvalue weighted by atomic mass is 9.95. The van der Waals surface area contributed by atoms with Gasteiger partial charge in [0.05, 0.1) is 24.5 Å². The molecule has 0 aliphatic carbocycles. The van der Waals surface area contributed by atoms with Crippen molar-refractivity contribution in [3.8, 4) is 5.75 Å². The molecule has 2 aromatic rings. The minimum atomic E-state index is -0.663. The quantitative estimate of drug-likeness (QED) is 0.688. The predicted octanol–water partition coefficient (Wildman–Crippen LogP) is 4.30. The highest BCUT2D eigenvalue weighted by Gasteiger charge is 2.43. The standard InChI is InChI=1S/C22H25NO5/c1-4-11-23-19(15-7-9-16(10-8-15)28-13-14(2)3)18(21(25)22(23)26)20(24)17-6-5-12-27-17/h5-10,12,14,19,25H,4,11,13H2,1-3H3. The highest BCUT2D eigenvalue weighted by Crippen LogP contribution is 2.39. The predicted molar refractivity (Wildman–Crippen MR) is 104 cm³/mol. The Kier molecular flexibility index (Phi) is 5.87. The fourth-order valence-corrected chi connectivity index (χ4v) is 3.25. The Hall–Kier alpha value is -3.02. The van der Waals surface area contributed by atoms with Gasteiger partial charge in [-0.1, -0.05) is 32.9 Å². The molecule has 28 heavy (non-hydrogen) atoms. The summed E-state index contributed by atoms with van der Waals surface area (Å²) in [7, 11) is 0. The average Bonchev–Trinajstić information content (AvgIpc) is 3.30. The van der Waals surface area contributed by atoms with E-state index in [0.717, 1.165) is 11.3 Å². The Morgan fingerprint density at radius 1 is 1.25 bits per heavy atom. The Morgan fingerprint density at radius 2 is 1.96 bits per heavy atom. The summed E-state index contributed by atoms with van der Waals surface area (Å²) in [5, 5.41) is 10.5. The third-order valence-corrected chi connectivity index (χ3v) is 4.54. The molecule has 1 atom stereocenters. The largest absolute Gasteiger partial charge is 0.503 e. The van der Waals surface area contributed by atoms with E-state index in [-0.39, 0.29) is 11.3 Å². The molecule has 2 heterocycles. The van der Waals surface area contributed by atoms with Crippen LogP contribution in [0.5, 0.6) is 5.75 Å². The van der Waals surface area contributed by atoms with Crippen molar-refractivity contribution in [3.63, 3.8) is 0 Å². The molecule has 0 saturated carbocycles. The molecule has 0 saturated heterocycles. The highest BCUT2D eigenvalue weighted by molar-refractivity contribution is 6.15. The normalized spacial score (nSPS) is 16.9. The number of carbonyl (C=O) groups is 2. The van der Waals surface area contributed by atoms with Gasteiger partial charge in [0.25, 0.3) is 5.91 Å². The van der Waals surface area contributed by atoms with Crippen molar-refractivity contribution in [2.24, 2.45) is 5.92 Å². The van der Waals surface area contributed by atoms with Crippen LogP contribution in [0.3, 0.4) is 0 Å². The Bertz CT molecular complexity index is 865. The van der Waals surface area contributed by atoms with E-state index in [0.29, 0.717) is 25.5 Å². The van der Waals surface area contributed by atoms with Crippen LogP contribution in [0, 0.1) is 5.92 Å². The van der Waals surface area contributed by atoms with E-state index >= 15 is 0 Å². The van der Waals surface area contributed by atoms with Gasteiger partial charge in [-0.25, -0.2) is 0 Å². The molecule has 1 unspecified atom stereocenters. The van der Waals surface area contributed by atoms with Crippen molar-refractivity contribution < 1.29 is 23.8 Å². The van der Waals surface area contributed by atoms with Crippen LogP contribution in [0.15, 0.2) is 58.4 Å². The molecule has 1 aliphatic rings. The first-order valence-corrected chi connectivity index (χ1v) is 9.49. The number of carbonyl (C=O) groups excluding carboxylic acids is 2. The van der Waals surface area contributed by atoms with E-state index in [1.54, 1.807) is 6.07 Å². The lowest BCUT2D eigenvalue weighted by Crippen LogP contribution is -2.31. The number of rotatable bonds is 8. The molecule has 1 N–H and O–H groups in total. The number of aliphatic hydroxyl groups excluding tert-OH is 1. The second-order valence-electron chi connectivity index (χ2n) is 7.24. The maximum atomic E-state index is 12.9. The average molecular weight is 383 g/mol. The summed E-state index contributed by atoms with van der Waals surface area (Å²) in [6.07, 6.45) is 2.09. The van der Waals surface area contributed by atoms with Crippen molar-refractivity contribution in [3.05, 3.63) is 65.3 Å². The Morgan fingerprint density at radius 3 is 2.54 bits per heavy atom. The third-order valence-electron chi connectivity index (χ3n) is 4.54. The summed E-state index contributed by atoms with van der Waals surface area (Å²) < 4.78 is 10.9. The van der Waals surface area contributed by atoms with Gasteiger partial charge in [0.15, 0.2) is 11.5 Å². The van der Waals surface area contributed by atoms with Crippen molar-refractivity contribution >= 4 is 11.7 Å². The van der Waals surface area contributed by atoms with E-state index in [2.05, 4.69) is 13.8 Å². The van der Waals surface area contributed by atoms with Gasteiger partial charge in [-0.15, -0.1) is 0 Å². The van der Waals surface area contributed by atoms with E-state index in [4.69, 9.17) is 9.15 Å². The smallest absolute Gasteiger partial charge is 0.290 e. The summed E-state index contributed by atoms with van der Waals surface area (Å²) in [5.74, 6) is -0.323. The lowest BCUT2D eigenvalue weighted by Gasteiger charge is -2.26. The summed E-state index contributed by atoms with van der Waals surface area (Å²) >= 11 is 0. The molecule has 1 aliphatic heterocycles. The highest BCUT2D eigenvalue weighted by atomic mass is 16.5. The monoisotopic (exact) mass is 383 g/mol. The summed E-state index contributed by atoms with van der Waals surface area (Å²) in [5.41, 5.74) is 0.780. The topological polar surface area (TPSA) is 80.0 Å². The van der Waals surface area contributed by atoms with Crippen LogP contribution in [-0.2, 0) is 4.79 Å². The number of amides is 1. The maximum absolute atomic E-state index is 12.9. The van der Waals surface area contributed by atoms with Crippen LogP contribution >= 0.6 is 0 Å². The van der Waals surface area contributed by atoms with Gasteiger partial charge in [-0.3, -0.25) is 9.59 Å². The first kappa shape index (κ1) is 19.7. The van der Waals surface area contributed by atoms with Crippen molar-refractivity contribution in [2.45, 2.75) is 33.2 Å². The van der Waals surface area contributed by atoms with Crippen LogP contribution < -0.4 is 4.74 Å². The van der Waals surface area contributed by atoms with Crippen molar-refractivity contribution in [2.75, 3.05) is 13.2 Å². The van der Waals surface area contributed by atoms with Crippen molar-refractivity contribution in [1.82, 2.24) is 4.90 Å². The van der Waals surface area contributed by atoms with Crippen LogP contribution in [0.2, 0.25) is 0 Å². The van der Waals surface area contributed by atoms with Crippen LogP contribution in [0.25, 0.3) is 0 Å². The van der Waals surface area contributed by atoms with Gasteiger partial charge < -0.3 is 19.2 Å². The number of ether oxygens (including phenoxy) is 1. The van der Waals surface area contributed by atoms with Gasteiger partial charge >= 0.3 is 0 Å². The molecule has 1 aromatic heterocycles. The molecule has 6 heteroatoms. The molecule has 1 amide bonds. The molecule has 1 aromatic carbocycles. The molecule has 148 valence electrons. The summed E-state index contributed by atoms with van der Waals surface area (Å²) in [6.45, 7) is 7.11. The molecular formula is C22H25NO5. The molecule has 3 rings (SSSR count). The van der Waals surface area contributed by atoms with Crippen LogP contribution in [-0.4, -0.2) is 34.8 Å². The van der Waals surface area contributed by atoms with Crippen LogP contribution in [0.4, 0.5) is 0 Å². The molecule has 0 radical (unpaired) electrons. The number of nitrogens with zero attached hydrogens (tertiary/aromatic N) is 1. The first-order chi connectivity index (χ1) is 13.4. The fourth-order valence-electron chi connectivity index (χ4n) is 3.25. The zero-order chi connectivity index (χ0) is 20.3. The Balaban J connectivity index is 1.96. The number of ketones is 1. The second kappa shape index (κ2) is 8.33. The number of Topliss-reactive ketones (excluding diaryl/α,β-unsaturated/α-hetero) is 1. The zero-order valence-electron chi connectivity index (χ0n) is 16.3. The third kappa shape index (κ3) is 3.81. The number of hydrogen-bond acceptors (Lipinski definition) is 5. The van der Waals surface area contributed by atoms with Crippen molar-refractivity contribution in [1.29, 1.82) is 0 Å². The molecule has 0 fully saturated rings. The number of hydrogen-bond donors (Lipinski definition) is 1. The summed E-state index contributed by atoms with van der Waals surface area (Å²) in [4.78, 5) is 27.1. The minimum Gasteiger partial charge on any atom is -0.503 e. The van der Waals surface area contributed by atoms with Gasteiger partial charge in [0.2, 0.25) is 5.78 Å². The fraction of sp³-hybridized carbons (Fsp3) is 0.364. The van der Waals surface area contributed by atoms with Crippen LogP contribution in [0.1, 0.15) is 49.4 Å². The molecular weight excluding hydrogens is 358 g/mol. The molecule has 0 bridgehead atoms. The molecule has 6 nitrogen and oxygen atoms in total. The Labute approximate surface area is 164 Å².